The quantitative estimate of drug-likeness (QED) is 0.517. The molecule has 13 heavy (non-hydrogen) atoms. The third kappa shape index (κ3) is 1.22. The maximum absolute atomic E-state index is 5.82. The van der Waals surface area contributed by atoms with Crippen LogP contribution in [0.15, 0.2) is 0 Å². The second-order valence-electron chi connectivity index (χ2n) is 3.75. The Morgan fingerprint density at radius 1 is 1.54 bits per heavy atom. The van der Waals surface area contributed by atoms with Crippen molar-refractivity contribution in [2.24, 2.45) is 0 Å². The predicted molar refractivity (Wildman–Crippen MR) is 48.6 cm³/mol. The normalized spacial score (nSPS) is 48.6. The molecule has 2 aliphatic rings. The van der Waals surface area contributed by atoms with Crippen LogP contribution in [0.25, 0.3) is 0 Å². The van der Waals surface area contributed by atoms with Crippen LogP contribution in [0.5, 0.6) is 0 Å². The van der Waals surface area contributed by atoms with Gasteiger partial charge in [0, 0.05) is 14.2 Å². The van der Waals surface area contributed by atoms with Crippen molar-refractivity contribution in [3.63, 3.8) is 0 Å². The van der Waals surface area contributed by atoms with Gasteiger partial charge in [-0.3, -0.25) is 0 Å². The standard InChI is InChI=1S/C8H15BO4/c1-10-3-8-4-12-5(6(8)11-2)7(9)13-8/h5-7H,3-4,9H2,1-2H3/t5-,6?,7-,8-/m1/s1. The molecule has 4 atom stereocenters. The van der Waals surface area contributed by atoms with Crippen molar-refractivity contribution >= 4 is 7.85 Å². The van der Waals surface area contributed by atoms with E-state index in [1.54, 1.807) is 14.2 Å². The molecule has 0 radical (unpaired) electrons. The summed E-state index contributed by atoms with van der Waals surface area (Å²) in [6.45, 7) is 1.11. The highest BCUT2D eigenvalue weighted by molar-refractivity contribution is 6.11. The molecule has 0 amide bonds. The van der Waals surface area contributed by atoms with Gasteiger partial charge < -0.3 is 18.9 Å². The second kappa shape index (κ2) is 3.24. The van der Waals surface area contributed by atoms with E-state index in [9.17, 15) is 0 Å². The third-order valence-corrected chi connectivity index (χ3v) is 2.86. The van der Waals surface area contributed by atoms with Gasteiger partial charge >= 0.3 is 0 Å². The number of hydrogen-bond donors (Lipinski definition) is 0. The van der Waals surface area contributed by atoms with E-state index in [4.69, 9.17) is 18.9 Å². The summed E-state index contributed by atoms with van der Waals surface area (Å²) in [6.07, 6.45) is 0.0857. The highest BCUT2D eigenvalue weighted by Crippen LogP contribution is 2.40. The molecule has 0 N–H and O–H groups in total. The van der Waals surface area contributed by atoms with Crippen molar-refractivity contribution in [1.82, 2.24) is 0 Å². The fourth-order valence-corrected chi connectivity index (χ4v) is 2.38. The molecule has 2 saturated heterocycles. The van der Waals surface area contributed by atoms with E-state index in [0.29, 0.717) is 13.2 Å². The van der Waals surface area contributed by atoms with Gasteiger partial charge in [-0.2, -0.15) is 0 Å². The smallest absolute Gasteiger partial charge is 0.143 e. The molecule has 2 bridgehead atoms. The molecule has 0 saturated carbocycles. The van der Waals surface area contributed by atoms with Gasteiger partial charge in [0.15, 0.2) is 0 Å². The Kier molecular flexibility index (Phi) is 2.36. The van der Waals surface area contributed by atoms with Crippen LogP contribution in [-0.2, 0) is 18.9 Å². The summed E-state index contributed by atoms with van der Waals surface area (Å²) in [6, 6.07) is 0.105. The number of hydrogen-bond acceptors (Lipinski definition) is 4. The minimum absolute atomic E-state index is 0.0162. The van der Waals surface area contributed by atoms with E-state index >= 15 is 0 Å². The lowest BCUT2D eigenvalue weighted by atomic mass is 9.92. The van der Waals surface area contributed by atoms with Crippen LogP contribution in [0, 0.1) is 0 Å². The predicted octanol–water partition coefficient (Wildman–Crippen LogP) is -1.23. The number of fused-ring (bicyclic) bond motifs is 2. The maximum Gasteiger partial charge on any atom is 0.143 e. The Hall–Kier alpha value is -0.0951. The van der Waals surface area contributed by atoms with Gasteiger partial charge in [-0.25, -0.2) is 0 Å². The van der Waals surface area contributed by atoms with E-state index in [-0.39, 0.29) is 23.8 Å². The van der Waals surface area contributed by atoms with Crippen LogP contribution in [0.1, 0.15) is 0 Å². The average Bonchev–Trinajstić information content (AvgIpc) is 2.55. The van der Waals surface area contributed by atoms with Gasteiger partial charge in [-0.15, -0.1) is 0 Å². The molecule has 0 aromatic rings. The van der Waals surface area contributed by atoms with Crippen molar-refractivity contribution in [3.8, 4) is 0 Å². The van der Waals surface area contributed by atoms with E-state index in [1.807, 2.05) is 7.85 Å². The lowest BCUT2D eigenvalue weighted by Crippen LogP contribution is -2.45. The zero-order chi connectivity index (χ0) is 9.47. The van der Waals surface area contributed by atoms with Gasteiger partial charge in [0.05, 0.1) is 19.2 Å². The van der Waals surface area contributed by atoms with E-state index < -0.39 is 0 Å². The minimum Gasteiger partial charge on any atom is -0.381 e. The van der Waals surface area contributed by atoms with E-state index in [2.05, 4.69) is 0 Å². The van der Waals surface area contributed by atoms with Crippen LogP contribution >= 0.6 is 0 Å². The van der Waals surface area contributed by atoms with Crippen molar-refractivity contribution in [1.29, 1.82) is 0 Å². The monoisotopic (exact) mass is 186 g/mol. The molecule has 0 spiro atoms. The molecule has 74 valence electrons. The van der Waals surface area contributed by atoms with Crippen LogP contribution in [-0.4, -0.2) is 59.1 Å². The first-order chi connectivity index (χ1) is 6.23. The molecule has 5 heteroatoms. The molecule has 2 aliphatic heterocycles. The summed E-state index contributed by atoms with van der Waals surface area (Å²) in [5, 5.41) is 0. The molecule has 4 nitrogen and oxygen atoms in total. The molecular weight excluding hydrogens is 171 g/mol. The van der Waals surface area contributed by atoms with Crippen molar-refractivity contribution in [2.45, 2.75) is 23.8 Å². The first-order valence-corrected chi connectivity index (χ1v) is 4.54. The topological polar surface area (TPSA) is 36.9 Å². The first-order valence-electron chi connectivity index (χ1n) is 4.54. The van der Waals surface area contributed by atoms with Gasteiger partial charge in [0.25, 0.3) is 0 Å². The minimum atomic E-state index is -0.367. The van der Waals surface area contributed by atoms with Crippen LogP contribution in [0.2, 0.25) is 0 Å². The fourth-order valence-electron chi connectivity index (χ4n) is 2.38. The average molecular weight is 186 g/mol. The largest absolute Gasteiger partial charge is 0.381 e. The van der Waals surface area contributed by atoms with E-state index in [1.165, 1.54) is 0 Å². The number of methoxy groups -OCH3 is 2. The van der Waals surface area contributed by atoms with Crippen molar-refractivity contribution in [3.05, 3.63) is 0 Å². The maximum atomic E-state index is 5.82. The lowest BCUT2D eigenvalue weighted by molar-refractivity contribution is -0.144. The van der Waals surface area contributed by atoms with Gasteiger partial charge in [-0.05, 0) is 0 Å². The van der Waals surface area contributed by atoms with Crippen molar-refractivity contribution in [2.75, 3.05) is 27.4 Å². The Balaban J connectivity index is 2.17. The Labute approximate surface area is 78.9 Å². The van der Waals surface area contributed by atoms with Crippen LogP contribution < -0.4 is 0 Å². The zero-order valence-corrected chi connectivity index (χ0v) is 8.28. The zero-order valence-electron chi connectivity index (χ0n) is 8.28. The summed E-state index contributed by atoms with van der Waals surface area (Å²) in [5.74, 6) is 0. The van der Waals surface area contributed by atoms with Crippen molar-refractivity contribution < 1.29 is 18.9 Å². The fraction of sp³-hybridized carbons (Fsp3) is 1.00. The third-order valence-electron chi connectivity index (χ3n) is 2.86. The Morgan fingerprint density at radius 3 is 2.85 bits per heavy atom. The summed E-state index contributed by atoms with van der Waals surface area (Å²) < 4.78 is 21.9. The molecule has 2 fully saturated rings. The summed E-state index contributed by atoms with van der Waals surface area (Å²) in [4.78, 5) is 0. The Bertz CT molecular complexity index is 201. The van der Waals surface area contributed by atoms with Crippen LogP contribution in [0.3, 0.4) is 0 Å². The van der Waals surface area contributed by atoms with Gasteiger partial charge in [-0.1, -0.05) is 0 Å². The summed E-state index contributed by atoms with van der Waals surface area (Å²) >= 11 is 0. The SMILES string of the molecule is B[C@@H]1O[C@]2(COC)CO[C@@H]1C2OC. The van der Waals surface area contributed by atoms with Crippen LogP contribution in [0.4, 0.5) is 0 Å². The lowest BCUT2D eigenvalue weighted by Gasteiger charge is -2.29. The van der Waals surface area contributed by atoms with Gasteiger partial charge in [0.1, 0.15) is 25.7 Å². The molecule has 2 rings (SSSR count). The highest BCUT2D eigenvalue weighted by Gasteiger charge is 2.60. The Morgan fingerprint density at radius 2 is 2.31 bits per heavy atom. The molecular formula is C8H15BO4. The van der Waals surface area contributed by atoms with Gasteiger partial charge in [0.2, 0.25) is 0 Å². The second-order valence-corrected chi connectivity index (χ2v) is 3.75. The molecule has 0 aromatic carbocycles. The molecule has 2 heterocycles. The summed E-state index contributed by atoms with van der Waals surface area (Å²) in [7, 11) is 5.37. The first kappa shape index (κ1) is 9.46. The summed E-state index contributed by atoms with van der Waals surface area (Å²) in [5.41, 5.74) is -0.367. The number of rotatable bonds is 3. The highest BCUT2D eigenvalue weighted by atomic mass is 16.7. The molecule has 0 aliphatic carbocycles. The number of ether oxygens (including phenoxy) is 4. The van der Waals surface area contributed by atoms with E-state index in [0.717, 1.165) is 0 Å². The molecule has 0 aromatic heterocycles. The molecule has 1 unspecified atom stereocenters.